The van der Waals surface area contributed by atoms with Gasteiger partial charge in [0.1, 0.15) is 0 Å². The van der Waals surface area contributed by atoms with Crippen LogP contribution >= 0.6 is 0 Å². The highest BCUT2D eigenvalue weighted by molar-refractivity contribution is 6.14. The molecule has 3 heteroatoms. The van der Waals surface area contributed by atoms with Crippen LogP contribution in [0.2, 0.25) is 0 Å². The van der Waals surface area contributed by atoms with Gasteiger partial charge in [0.25, 0.3) is 0 Å². The standard InChI is InChI=1S/C55H47N3/c1-35-15-13-23-47-44(35)27-26-40-30-42-31-43(32-48(52(42)51(40)47)39-25-28-46-45-22-11-12-24-49(45)55(2,3)50(46)33-39)53(56-4)58-54(57-34-36-16-7-5-8-17-36)41-21-14-20-38(29-41)37-18-9-6-10-19-37/h5-10,12-14,16-21,23-29,31-33,35H,4,11,15,22,30,34H2,1-3H3/b57-54-,58-53-. The summed E-state index contributed by atoms with van der Waals surface area (Å²) in [7, 11) is 0. The van der Waals surface area contributed by atoms with Crippen LogP contribution in [-0.2, 0) is 18.4 Å². The minimum absolute atomic E-state index is 0.0681. The average molecular weight is 750 g/mol. The van der Waals surface area contributed by atoms with E-state index in [4.69, 9.17) is 9.98 Å². The minimum Gasteiger partial charge on any atom is -0.261 e. The van der Waals surface area contributed by atoms with E-state index in [1.165, 1.54) is 66.8 Å². The zero-order valence-corrected chi connectivity index (χ0v) is 33.6. The Morgan fingerprint density at radius 1 is 0.690 bits per heavy atom. The maximum atomic E-state index is 5.32. The van der Waals surface area contributed by atoms with E-state index in [1.54, 1.807) is 0 Å². The van der Waals surface area contributed by atoms with Gasteiger partial charge in [0, 0.05) is 16.5 Å². The number of fused-ring (bicyclic) bond motifs is 7. The van der Waals surface area contributed by atoms with Crippen molar-refractivity contribution >= 4 is 30.0 Å². The second-order valence-electron chi connectivity index (χ2n) is 16.8. The highest BCUT2D eigenvalue weighted by Crippen LogP contribution is 2.53. The minimum atomic E-state index is -0.0681. The Hall–Kier alpha value is -6.45. The lowest BCUT2D eigenvalue weighted by Crippen LogP contribution is -2.16. The van der Waals surface area contributed by atoms with E-state index in [1.807, 2.05) is 12.1 Å². The second kappa shape index (κ2) is 14.5. The number of rotatable bonds is 6. The third-order valence-corrected chi connectivity index (χ3v) is 12.8. The van der Waals surface area contributed by atoms with Gasteiger partial charge in [-0.05, 0) is 146 Å². The molecule has 0 saturated carbocycles. The molecule has 282 valence electrons. The summed E-state index contributed by atoms with van der Waals surface area (Å²) in [5.41, 5.74) is 21.6. The fourth-order valence-corrected chi connectivity index (χ4v) is 9.82. The Morgan fingerprint density at radius 2 is 1.50 bits per heavy atom. The molecule has 10 rings (SSSR count). The number of benzene rings is 6. The van der Waals surface area contributed by atoms with Gasteiger partial charge in [0.05, 0.1) is 6.54 Å². The SMILES string of the molecule is C=N/C(=N\C(=N/Cc1ccccc1)c1cccc(-c2ccccc2)c1)c1cc2c(c(-c3ccc4c(c3)C(C)(C)C3=C4CCC=C3)c1)-c1c(ccc3c1C=CCC3C)C2. The first-order valence-corrected chi connectivity index (χ1v) is 20.7. The molecule has 4 aliphatic carbocycles. The van der Waals surface area contributed by atoms with Gasteiger partial charge in [-0.3, -0.25) is 4.99 Å². The van der Waals surface area contributed by atoms with Crippen LogP contribution in [-0.4, -0.2) is 18.4 Å². The normalized spacial score (nSPS) is 17.4. The molecule has 0 spiro atoms. The molecule has 0 bridgehead atoms. The molecule has 6 aromatic carbocycles. The van der Waals surface area contributed by atoms with Gasteiger partial charge in [-0.1, -0.05) is 148 Å². The van der Waals surface area contributed by atoms with Crippen LogP contribution in [0, 0.1) is 0 Å². The zero-order valence-electron chi connectivity index (χ0n) is 33.6. The van der Waals surface area contributed by atoms with Crippen molar-refractivity contribution in [3.05, 3.63) is 201 Å². The van der Waals surface area contributed by atoms with Crippen molar-refractivity contribution in [2.75, 3.05) is 0 Å². The van der Waals surface area contributed by atoms with Crippen molar-refractivity contribution in [1.29, 1.82) is 0 Å². The molecule has 0 heterocycles. The maximum absolute atomic E-state index is 5.32. The van der Waals surface area contributed by atoms with Gasteiger partial charge in [0.15, 0.2) is 11.7 Å². The molecule has 0 radical (unpaired) electrons. The predicted octanol–water partition coefficient (Wildman–Crippen LogP) is 13.6. The van der Waals surface area contributed by atoms with E-state index in [0.29, 0.717) is 24.1 Å². The molecule has 1 atom stereocenters. The van der Waals surface area contributed by atoms with E-state index >= 15 is 0 Å². The van der Waals surface area contributed by atoms with Gasteiger partial charge in [0.2, 0.25) is 0 Å². The van der Waals surface area contributed by atoms with Crippen molar-refractivity contribution in [3.63, 3.8) is 0 Å². The smallest absolute Gasteiger partial charge is 0.161 e. The van der Waals surface area contributed by atoms with Crippen molar-refractivity contribution in [1.82, 2.24) is 0 Å². The first-order valence-electron chi connectivity index (χ1n) is 20.7. The van der Waals surface area contributed by atoms with E-state index < -0.39 is 0 Å². The summed E-state index contributed by atoms with van der Waals surface area (Å²) in [5, 5.41) is 0. The largest absolute Gasteiger partial charge is 0.261 e. The lowest BCUT2D eigenvalue weighted by molar-refractivity contribution is 0.651. The van der Waals surface area contributed by atoms with E-state index in [9.17, 15) is 0 Å². The highest BCUT2D eigenvalue weighted by Gasteiger charge is 2.38. The summed E-state index contributed by atoms with van der Waals surface area (Å²) < 4.78 is 0. The molecule has 0 amide bonds. The Bertz CT molecular complexity index is 2790. The lowest BCUT2D eigenvalue weighted by Gasteiger charge is -2.25. The molecule has 1 unspecified atom stereocenters. The van der Waals surface area contributed by atoms with Crippen LogP contribution in [0.1, 0.15) is 96.0 Å². The van der Waals surface area contributed by atoms with Crippen molar-refractivity contribution < 1.29 is 0 Å². The Morgan fingerprint density at radius 3 is 2.33 bits per heavy atom. The Balaban J connectivity index is 1.15. The monoisotopic (exact) mass is 749 g/mol. The molecule has 0 aliphatic heterocycles. The van der Waals surface area contributed by atoms with Crippen LogP contribution in [0.4, 0.5) is 0 Å². The molecule has 4 aliphatic rings. The highest BCUT2D eigenvalue weighted by atomic mass is 15.0. The Labute approximate surface area is 342 Å². The molecule has 0 saturated heterocycles. The molecule has 0 aromatic heterocycles. The molecule has 58 heavy (non-hydrogen) atoms. The van der Waals surface area contributed by atoms with Crippen LogP contribution in [0.25, 0.3) is 45.0 Å². The summed E-state index contributed by atoms with van der Waals surface area (Å²) in [6, 6.07) is 45.9. The average Bonchev–Trinajstić information content (AvgIpc) is 3.76. The summed E-state index contributed by atoms with van der Waals surface area (Å²) in [5.74, 6) is 1.68. The third kappa shape index (κ3) is 6.17. The van der Waals surface area contributed by atoms with Crippen LogP contribution in [0.3, 0.4) is 0 Å². The van der Waals surface area contributed by atoms with Gasteiger partial charge in [-0.15, -0.1) is 0 Å². The summed E-state index contributed by atoms with van der Waals surface area (Å²) in [4.78, 5) is 15.2. The summed E-state index contributed by atoms with van der Waals surface area (Å²) >= 11 is 0. The van der Waals surface area contributed by atoms with Crippen LogP contribution < -0.4 is 0 Å². The van der Waals surface area contributed by atoms with Crippen molar-refractivity contribution in [3.8, 4) is 33.4 Å². The fraction of sp³-hybridized carbons (Fsp3) is 0.182. The molecule has 3 nitrogen and oxygen atoms in total. The Kier molecular flexibility index (Phi) is 8.98. The van der Waals surface area contributed by atoms with Gasteiger partial charge >= 0.3 is 0 Å². The fourth-order valence-electron chi connectivity index (χ4n) is 9.82. The molecular weight excluding hydrogens is 703 g/mol. The first kappa shape index (κ1) is 35.9. The van der Waals surface area contributed by atoms with E-state index in [0.717, 1.165) is 53.5 Å². The third-order valence-electron chi connectivity index (χ3n) is 12.8. The number of hydrogen-bond donors (Lipinski definition) is 0. The summed E-state index contributed by atoms with van der Waals surface area (Å²) in [6.07, 6.45) is 13.6. The maximum Gasteiger partial charge on any atom is 0.161 e. The molecule has 6 aromatic rings. The number of hydrogen-bond acceptors (Lipinski definition) is 1. The first-order chi connectivity index (χ1) is 28.4. The van der Waals surface area contributed by atoms with E-state index in [-0.39, 0.29) is 5.41 Å². The second-order valence-corrected chi connectivity index (χ2v) is 16.8. The van der Waals surface area contributed by atoms with Gasteiger partial charge < -0.3 is 0 Å². The topological polar surface area (TPSA) is 37.1 Å². The number of allylic oxidation sites excluding steroid dienone is 5. The summed E-state index contributed by atoms with van der Waals surface area (Å²) in [6.45, 7) is 11.8. The molecular formula is C55H47N3. The number of nitrogens with zero attached hydrogens (tertiary/aromatic N) is 3. The van der Waals surface area contributed by atoms with Crippen molar-refractivity contribution in [2.45, 2.75) is 64.3 Å². The molecule has 0 fully saturated rings. The quantitative estimate of drug-likeness (QED) is 0.120. The van der Waals surface area contributed by atoms with Gasteiger partial charge in [-0.25, -0.2) is 9.98 Å². The van der Waals surface area contributed by atoms with Gasteiger partial charge in [-0.2, -0.15) is 0 Å². The van der Waals surface area contributed by atoms with E-state index in [2.05, 4.69) is 172 Å². The van der Waals surface area contributed by atoms with Crippen LogP contribution in [0.15, 0.2) is 166 Å². The number of aliphatic imine (C=N–C) groups is 3. The van der Waals surface area contributed by atoms with Crippen LogP contribution in [0.5, 0.6) is 0 Å². The lowest BCUT2D eigenvalue weighted by atomic mass is 9.78. The number of amidine groups is 2. The van der Waals surface area contributed by atoms with Crippen molar-refractivity contribution in [2.24, 2.45) is 15.0 Å². The predicted molar refractivity (Wildman–Crippen MR) is 245 cm³/mol. The zero-order chi connectivity index (χ0) is 39.4. The molecule has 0 N–H and O–H groups in total.